The molecule has 0 aromatic heterocycles. The molecule has 2 nitrogen and oxygen atoms in total. The highest BCUT2D eigenvalue weighted by Crippen LogP contribution is 2.20. The van der Waals surface area contributed by atoms with Gasteiger partial charge in [0.05, 0.1) is 0 Å². The first-order chi connectivity index (χ1) is 7.58. The molecule has 2 heteroatoms. The van der Waals surface area contributed by atoms with Crippen LogP contribution < -0.4 is 0 Å². The molecule has 0 spiro atoms. The summed E-state index contributed by atoms with van der Waals surface area (Å²) in [6.07, 6.45) is 9.94. The van der Waals surface area contributed by atoms with Gasteiger partial charge in [-0.15, -0.1) is 0 Å². The largest absolute Gasteiger partial charge is 0.459 e. The van der Waals surface area contributed by atoms with E-state index in [9.17, 15) is 4.79 Å². The Hall–Kier alpha value is -1.05. The van der Waals surface area contributed by atoms with Crippen molar-refractivity contribution in [2.45, 2.75) is 52.6 Å². The molecule has 1 aliphatic heterocycles. The molecule has 1 aliphatic rings. The van der Waals surface area contributed by atoms with Gasteiger partial charge in [0, 0.05) is 12.5 Å². The molecular formula is C14H22O2. The fourth-order valence-electron chi connectivity index (χ4n) is 1.94. The molecule has 16 heavy (non-hydrogen) atoms. The number of carbonyl (C=O) groups excluding carboxylic acids is 1. The summed E-state index contributed by atoms with van der Waals surface area (Å²) in [6.45, 7) is 6.47. The van der Waals surface area contributed by atoms with E-state index in [1.807, 2.05) is 6.08 Å². The van der Waals surface area contributed by atoms with Gasteiger partial charge in [-0.3, -0.25) is 0 Å². The molecular weight excluding hydrogens is 200 g/mol. The first-order valence-corrected chi connectivity index (χ1v) is 6.08. The highest BCUT2D eigenvalue weighted by Gasteiger charge is 2.18. The third-order valence-electron chi connectivity index (χ3n) is 2.81. The number of allylic oxidation sites excluding steroid dienone is 2. The van der Waals surface area contributed by atoms with Crippen molar-refractivity contribution in [1.82, 2.24) is 0 Å². The van der Waals surface area contributed by atoms with Crippen molar-refractivity contribution >= 4 is 5.97 Å². The fraction of sp³-hybridized carbons (Fsp3) is 0.643. The maximum atomic E-state index is 11.0. The lowest BCUT2D eigenvalue weighted by Gasteiger charge is -2.21. The van der Waals surface area contributed by atoms with Gasteiger partial charge in [-0.05, 0) is 39.0 Å². The van der Waals surface area contributed by atoms with Crippen molar-refractivity contribution in [3.8, 4) is 0 Å². The van der Waals surface area contributed by atoms with E-state index < -0.39 is 0 Å². The molecule has 0 fully saturated rings. The van der Waals surface area contributed by atoms with Crippen LogP contribution in [0.2, 0.25) is 0 Å². The summed E-state index contributed by atoms with van der Waals surface area (Å²) in [4.78, 5) is 11.0. The van der Waals surface area contributed by atoms with Crippen LogP contribution in [0, 0.1) is 5.92 Å². The molecule has 90 valence electrons. The molecule has 1 rings (SSSR count). The van der Waals surface area contributed by atoms with Crippen molar-refractivity contribution in [2.75, 3.05) is 0 Å². The third-order valence-corrected chi connectivity index (χ3v) is 2.81. The van der Waals surface area contributed by atoms with E-state index in [2.05, 4.69) is 26.8 Å². The summed E-state index contributed by atoms with van der Waals surface area (Å²) in [5, 5.41) is 0. The van der Waals surface area contributed by atoms with E-state index in [-0.39, 0.29) is 12.1 Å². The Morgan fingerprint density at radius 3 is 3.00 bits per heavy atom. The van der Waals surface area contributed by atoms with Crippen molar-refractivity contribution < 1.29 is 9.53 Å². The molecule has 0 saturated carbocycles. The molecule has 0 N–H and O–H groups in total. The zero-order valence-electron chi connectivity index (χ0n) is 10.5. The van der Waals surface area contributed by atoms with E-state index in [0.717, 1.165) is 19.3 Å². The van der Waals surface area contributed by atoms with Gasteiger partial charge in [0.25, 0.3) is 0 Å². The minimum absolute atomic E-state index is 0.0965. The highest BCUT2D eigenvalue weighted by molar-refractivity contribution is 5.82. The average Bonchev–Trinajstić information content (AvgIpc) is 2.16. The Bertz CT molecular complexity index is 285. The van der Waals surface area contributed by atoms with Crippen LogP contribution in [-0.4, -0.2) is 12.1 Å². The van der Waals surface area contributed by atoms with Gasteiger partial charge in [-0.25, -0.2) is 4.79 Å². The van der Waals surface area contributed by atoms with Crippen LogP contribution in [0.1, 0.15) is 46.5 Å². The molecule has 0 bridgehead atoms. The number of rotatable bonds is 5. The SMILES string of the molecule is CC(C)=CCC[C@@H](C)CC1CC=CC(=O)O1. The van der Waals surface area contributed by atoms with E-state index >= 15 is 0 Å². The highest BCUT2D eigenvalue weighted by atomic mass is 16.5. The maximum absolute atomic E-state index is 11.0. The Labute approximate surface area is 98.4 Å². The fourth-order valence-corrected chi connectivity index (χ4v) is 1.94. The Morgan fingerprint density at radius 2 is 2.38 bits per heavy atom. The van der Waals surface area contributed by atoms with Gasteiger partial charge in [0.15, 0.2) is 0 Å². The first-order valence-electron chi connectivity index (χ1n) is 6.08. The number of carbonyl (C=O) groups is 1. The van der Waals surface area contributed by atoms with Gasteiger partial charge in [0.2, 0.25) is 0 Å². The van der Waals surface area contributed by atoms with E-state index in [1.165, 1.54) is 18.1 Å². The summed E-state index contributed by atoms with van der Waals surface area (Å²) < 4.78 is 5.24. The van der Waals surface area contributed by atoms with Gasteiger partial charge >= 0.3 is 5.97 Å². The topological polar surface area (TPSA) is 26.3 Å². The third kappa shape index (κ3) is 5.15. The predicted molar refractivity (Wildman–Crippen MR) is 66.1 cm³/mol. The Kier molecular flexibility index (Phi) is 5.30. The zero-order chi connectivity index (χ0) is 12.0. The molecule has 0 amide bonds. The first kappa shape index (κ1) is 13.0. The standard InChI is InChI=1S/C14H22O2/c1-11(2)6-4-7-12(3)10-13-8-5-9-14(15)16-13/h5-6,9,12-13H,4,7-8,10H2,1-3H3/t12-,13?/m1/s1. The van der Waals surface area contributed by atoms with Crippen LogP contribution >= 0.6 is 0 Å². The molecule has 1 unspecified atom stereocenters. The van der Waals surface area contributed by atoms with Crippen molar-refractivity contribution in [1.29, 1.82) is 0 Å². The summed E-state index contributed by atoms with van der Waals surface area (Å²) in [6, 6.07) is 0. The van der Waals surface area contributed by atoms with Gasteiger partial charge in [-0.2, -0.15) is 0 Å². The van der Waals surface area contributed by atoms with Crippen molar-refractivity contribution in [3.63, 3.8) is 0 Å². The van der Waals surface area contributed by atoms with E-state index in [1.54, 1.807) is 0 Å². The quantitative estimate of drug-likeness (QED) is 0.524. The molecule has 0 aromatic rings. The monoisotopic (exact) mass is 222 g/mol. The molecule has 0 saturated heterocycles. The van der Waals surface area contributed by atoms with Crippen molar-refractivity contribution in [2.24, 2.45) is 5.92 Å². The molecule has 1 heterocycles. The second kappa shape index (κ2) is 6.51. The lowest BCUT2D eigenvalue weighted by atomic mass is 9.95. The maximum Gasteiger partial charge on any atom is 0.330 e. The van der Waals surface area contributed by atoms with E-state index in [0.29, 0.717) is 5.92 Å². The van der Waals surface area contributed by atoms with Crippen LogP contribution in [0.25, 0.3) is 0 Å². The number of ether oxygens (including phenoxy) is 1. The lowest BCUT2D eigenvalue weighted by Crippen LogP contribution is -2.22. The molecule has 0 radical (unpaired) electrons. The minimum Gasteiger partial charge on any atom is -0.459 e. The number of cyclic esters (lactones) is 1. The number of hydrogen-bond donors (Lipinski definition) is 0. The second-order valence-corrected chi connectivity index (χ2v) is 4.90. The summed E-state index contributed by atoms with van der Waals surface area (Å²) in [5.41, 5.74) is 1.37. The molecule has 0 aromatic carbocycles. The normalized spacial score (nSPS) is 21.4. The Balaban J connectivity index is 2.23. The average molecular weight is 222 g/mol. The van der Waals surface area contributed by atoms with Crippen LogP contribution in [0.3, 0.4) is 0 Å². The van der Waals surface area contributed by atoms with Gasteiger partial charge < -0.3 is 4.74 Å². The summed E-state index contributed by atoms with van der Waals surface area (Å²) in [7, 11) is 0. The van der Waals surface area contributed by atoms with Crippen LogP contribution in [0.5, 0.6) is 0 Å². The molecule has 2 atom stereocenters. The van der Waals surface area contributed by atoms with Crippen LogP contribution in [-0.2, 0) is 9.53 Å². The Morgan fingerprint density at radius 1 is 1.62 bits per heavy atom. The predicted octanol–water partition coefficient (Wildman–Crippen LogP) is 3.63. The van der Waals surface area contributed by atoms with Crippen LogP contribution in [0.4, 0.5) is 0 Å². The summed E-state index contributed by atoms with van der Waals surface area (Å²) >= 11 is 0. The second-order valence-electron chi connectivity index (χ2n) is 4.90. The van der Waals surface area contributed by atoms with E-state index in [4.69, 9.17) is 4.74 Å². The van der Waals surface area contributed by atoms with Gasteiger partial charge in [-0.1, -0.05) is 24.6 Å². The summed E-state index contributed by atoms with van der Waals surface area (Å²) in [5.74, 6) is 0.424. The smallest absolute Gasteiger partial charge is 0.330 e. The number of esters is 1. The lowest BCUT2D eigenvalue weighted by molar-refractivity contribution is -0.144. The molecule has 0 aliphatic carbocycles. The van der Waals surface area contributed by atoms with Crippen LogP contribution in [0.15, 0.2) is 23.8 Å². The minimum atomic E-state index is -0.187. The zero-order valence-corrected chi connectivity index (χ0v) is 10.5. The number of hydrogen-bond acceptors (Lipinski definition) is 2. The van der Waals surface area contributed by atoms with Crippen molar-refractivity contribution in [3.05, 3.63) is 23.8 Å². The van der Waals surface area contributed by atoms with Gasteiger partial charge in [0.1, 0.15) is 6.10 Å².